The van der Waals surface area contributed by atoms with Gasteiger partial charge in [-0.3, -0.25) is 4.79 Å². The number of carbonyl (C=O) groups is 2. The number of hydrogen-bond donors (Lipinski definition) is 0. The van der Waals surface area contributed by atoms with Crippen molar-refractivity contribution in [1.29, 1.82) is 0 Å². The van der Waals surface area contributed by atoms with Gasteiger partial charge in [0.05, 0.1) is 11.5 Å². The minimum Gasteiger partial charge on any atom is -0.451 e. The molecule has 0 bridgehead atoms. The highest BCUT2D eigenvalue weighted by atomic mass is 32.2. The summed E-state index contributed by atoms with van der Waals surface area (Å²) < 4.78 is 38.7. The molecule has 0 saturated carbocycles. The number of piperazine rings is 1. The van der Waals surface area contributed by atoms with Crippen LogP contribution in [0.4, 0.5) is 4.79 Å². The van der Waals surface area contributed by atoms with Gasteiger partial charge in [0.25, 0.3) is 5.91 Å². The number of piperidine rings is 1. The summed E-state index contributed by atoms with van der Waals surface area (Å²) in [4.78, 5) is 28.5. The molecule has 1 aromatic heterocycles. The van der Waals surface area contributed by atoms with Gasteiger partial charge < -0.3 is 19.0 Å². The monoisotopic (exact) mass is 477 g/mol. The maximum Gasteiger partial charge on any atom is 0.409 e. The van der Waals surface area contributed by atoms with Crippen LogP contribution in [-0.4, -0.2) is 80.4 Å². The van der Waals surface area contributed by atoms with E-state index in [1.54, 1.807) is 46.2 Å². The summed E-state index contributed by atoms with van der Waals surface area (Å²) in [5, 5.41) is 0.620. The van der Waals surface area contributed by atoms with Gasteiger partial charge in [-0.2, -0.15) is 4.31 Å². The van der Waals surface area contributed by atoms with E-state index in [4.69, 9.17) is 9.15 Å². The molecule has 0 aliphatic carbocycles. The molecule has 0 spiro atoms. The maximum absolute atomic E-state index is 13.1. The summed E-state index contributed by atoms with van der Waals surface area (Å²) >= 11 is 0. The Morgan fingerprint density at radius 3 is 2.33 bits per heavy atom. The van der Waals surface area contributed by atoms with Crippen molar-refractivity contribution in [2.75, 3.05) is 45.9 Å². The zero-order valence-electron chi connectivity index (χ0n) is 19.4. The van der Waals surface area contributed by atoms with E-state index in [2.05, 4.69) is 6.92 Å². The third kappa shape index (κ3) is 4.59. The van der Waals surface area contributed by atoms with Gasteiger partial charge in [0.15, 0.2) is 5.76 Å². The van der Waals surface area contributed by atoms with Crippen LogP contribution >= 0.6 is 0 Å². The van der Waals surface area contributed by atoms with Crippen molar-refractivity contribution >= 4 is 33.0 Å². The maximum atomic E-state index is 13.1. The molecular weight excluding hydrogens is 446 g/mol. The molecule has 10 heteroatoms. The second-order valence-electron chi connectivity index (χ2n) is 8.78. The number of furan rings is 1. The summed E-state index contributed by atoms with van der Waals surface area (Å²) in [6, 6.07) is 4.78. The molecule has 2 aliphatic heterocycles. The zero-order valence-corrected chi connectivity index (χ0v) is 20.2. The Kier molecular flexibility index (Phi) is 6.67. The summed E-state index contributed by atoms with van der Waals surface area (Å²) in [7, 11) is -3.60. The van der Waals surface area contributed by atoms with Crippen molar-refractivity contribution in [3.8, 4) is 0 Å². The summed E-state index contributed by atoms with van der Waals surface area (Å²) in [6.07, 6.45) is 1.34. The lowest BCUT2D eigenvalue weighted by molar-refractivity contribution is 0.0547. The van der Waals surface area contributed by atoms with Crippen molar-refractivity contribution in [3.63, 3.8) is 0 Å². The van der Waals surface area contributed by atoms with Crippen molar-refractivity contribution in [3.05, 3.63) is 29.5 Å². The topological polar surface area (TPSA) is 100 Å². The molecule has 1 aromatic carbocycles. The number of aryl methyl sites for hydroxylation is 1. The van der Waals surface area contributed by atoms with E-state index in [9.17, 15) is 18.0 Å². The van der Waals surface area contributed by atoms with Crippen LogP contribution in [0.15, 0.2) is 27.5 Å². The van der Waals surface area contributed by atoms with E-state index in [0.717, 1.165) is 12.8 Å². The van der Waals surface area contributed by atoms with Crippen LogP contribution in [0.1, 0.15) is 42.8 Å². The first-order valence-corrected chi connectivity index (χ1v) is 12.9. The van der Waals surface area contributed by atoms with E-state index in [1.807, 2.05) is 0 Å². The van der Waals surface area contributed by atoms with Crippen molar-refractivity contribution in [2.45, 2.75) is 38.5 Å². The lowest BCUT2D eigenvalue weighted by atomic mass is 10.0. The van der Waals surface area contributed by atoms with Crippen LogP contribution in [-0.2, 0) is 14.8 Å². The highest BCUT2D eigenvalue weighted by molar-refractivity contribution is 7.89. The van der Waals surface area contributed by atoms with E-state index in [0.29, 0.717) is 68.3 Å². The average Bonchev–Trinajstić information content (AvgIpc) is 3.15. The van der Waals surface area contributed by atoms with E-state index in [-0.39, 0.29) is 22.7 Å². The minimum absolute atomic E-state index is 0.205. The highest BCUT2D eigenvalue weighted by Crippen LogP contribution is 2.31. The average molecular weight is 478 g/mol. The van der Waals surface area contributed by atoms with Crippen LogP contribution in [0.25, 0.3) is 11.0 Å². The molecule has 0 N–H and O–H groups in total. The van der Waals surface area contributed by atoms with Crippen molar-refractivity contribution in [2.24, 2.45) is 5.92 Å². The highest BCUT2D eigenvalue weighted by Gasteiger charge is 2.31. The van der Waals surface area contributed by atoms with Gasteiger partial charge in [0, 0.05) is 50.2 Å². The Morgan fingerprint density at radius 2 is 1.70 bits per heavy atom. The molecule has 2 aliphatic rings. The fourth-order valence-corrected chi connectivity index (χ4v) is 5.89. The van der Waals surface area contributed by atoms with Gasteiger partial charge in [-0.1, -0.05) is 6.92 Å². The SMILES string of the molecule is CCOC(=O)N1CCN(C(=O)c2oc3ccc(S(=O)(=O)N4CCC(C)CC4)cc3c2C)CC1. The number of carbonyl (C=O) groups excluding carboxylic acids is 2. The summed E-state index contributed by atoms with van der Waals surface area (Å²) in [5.41, 5.74) is 1.10. The second-order valence-corrected chi connectivity index (χ2v) is 10.7. The Balaban J connectivity index is 1.53. The molecule has 0 unspecified atom stereocenters. The zero-order chi connectivity index (χ0) is 23.8. The smallest absolute Gasteiger partial charge is 0.409 e. The van der Waals surface area contributed by atoms with Gasteiger partial charge in [0.2, 0.25) is 10.0 Å². The number of sulfonamides is 1. The summed E-state index contributed by atoms with van der Waals surface area (Å²) in [6.45, 7) is 8.55. The number of hydrogen-bond acceptors (Lipinski definition) is 6. The van der Waals surface area contributed by atoms with Crippen LogP contribution in [0.2, 0.25) is 0 Å². The van der Waals surface area contributed by atoms with Gasteiger partial charge in [-0.25, -0.2) is 13.2 Å². The fraction of sp³-hybridized carbons (Fsp3) is 0.565. The molecular formula is C23H31N3O6S. The van der Waals surface area contributed by atoms with Gasteiger partial charge in [-0.15, -0.1) is 0 Å². The molecule has 2 fully saturated rings. The Bertz CT molecular complexity index is 1140. The first-order chi connectivity index (χ1) is 15.7. The lowest BCUT2D eigenvalue weighted by Crippen LogP contribution is -2.50. The number of fused-ring (bicyclic) bond motifs is 1. The quantitative estimate of drug-likeness (QED) is 0.671. The van der Waals surface area contributed by atoms with E-state index in [1.165, 1.54) is 0 Å². The molecule has 2 amide bonds. The lowest BCUT2D eigenvalue weighted by Gasteiger charge is -2.33. The summed E-state index contributed by atoms with van der Waals surface area (Å²) in [5.74, 6) is 0.473. The Morgan fingerprint density at radius 1 is 1.06 bits per heavy atom. The number of nitrogens with zero attached hydrogens (tertiary/aromatic N) is 3. The van der Waals surface area contributed by atoms with Gasteiger partial charge in [0.1, 0.15) is 5.58 Å². The van der Waals surface area contributed by atoms with Gasteiger partial charge in [-0.05, 0) is 50.8 Å². The van der Waals surface area contributed by atoms with Crippen LogP contribution in [0, 0.1) is 12.8 Å². The predicted molar refractivity (Wildman–Crippen MR) is 123 cm³/mol. The molecule has 3 heterocycles. The molecule has 0 radical (unpaired) electrons. The Labute approximate surface area is 194 Å². The van der Waals surface area contributed by atoms with Crippen LogP contribution in [0.3, 0.4) is 0 Å². The molecule has 2 saturated heterocycles. The Hall–Kier alpha value is -2.59. The molecule has 180 valence electrons. The van der Waals surface area contributed by atoms with Crippen molar-refractivity contribution in [1.82, 2.24) is 14.1 Å². The first-order valence-electron chi connectivity index (χ1n) is 11.5. The molecule has 0 atom stereocenters. The third-order valence-corrected chi connectivity index (χ3v) is 8.47. The fourth-order valence-electron chi connectivity index (χ4n) is 4.39. The number of rotatable bonds is 4. The van der Waals surface area contributed by atoms with Crippen LogP contribution in [0.5, 0.6) is 0 Å². The number of benzene rings is 1. The van der Waals surface area contributed by atoms with Crippen LogP contribution < -0.4 is 0 Å². The predicted octanol–water partition coefficient (Wildman–Crippen LogP) is 3.08. The second kappa shape index (κ2) is 9.34. The van der Waals surface area contributed by atoms with Crippen molar-refractivity contribution < 1.29 is 27.2 Å². The molecule has 9 nitrogen and oxygen atoms in total. The molecule has 2 aromatic rings. The number of amides is 2. The van der Waals surface area contributed by atoms with Gasteiger partial charge >= 0.3 is 6.09 Å². The largest absolute Gasteiger partial charge is 0.451 e. The van der Waals surface area contributed by atoms with E-state index < -0.39 is 10.0 Å². The first kappa shape index (κ1) is 23.6. The standard InChI is InChI=1S/C23H31N3O6S/c1-4-31-23(28)25-13-11-24(12-14-25)22(27)21-17(3)19-15-18(5-6-20(19)32-21)33(29,30)26-9-7-16(2)8-10-26/h5-6,15-16H,4,7-14H2,1-3H3. The van der Waals surface area contributed by atoms with E-state index >= 15 is 0 Å². The minimum atomic E-state index is -3.60. The normalized spacial score (nSPS) is 18.6. The third-order valence-electron chi connectivity index (χ3n) is 6.58. The molecule has 33 heavy (non-hydrogen) atoms. The number of ether oxygens (including phenoxy) is 1. The molecule has 4 rings (SSSR count).